The second-order valence-corrected chi connectivity index (χ2v) is 3.55. The Kier molecular flexibility index (Phi) is 2.79. The van der Waals surface area contributed by atoms with Crippen LogP contribution in [0.5, 0.6) is 0 Å². The Bertz CT molecular complexity index is 521. The van der Waals surface area contributed by atoms with E-state index in [0.717, 1.165) is 11.0 Å². The third kappa shape index (κ3) is 1.97. The molecule has 4 nitrogen and oxygen atoms in total. The summed E-state index contributed by atoms with van der Waals surface area (Å²) >= 11 is 0. The lowest BCUT2D eigenvalue weighted by Gasteiger charge is -2.15. The van der Waals surface area contributed by atoms with Crippen LogP contribution in [-0.2, 0) is 4.79 Å². The van der Waals surface area contributed by atoms with Crippen molar-refractivity contribution in [2.24, 2.45) is 0 Å². The minimum atomic E-state index is -0.515. The molecular formula is C12H9FN2O2. The number of terminal acetylenes is 1. The predicted molar refractivity (Wildman–Crippen MR) is 59.7 cm³/mol. The van der Waals surface area contributed by atoms with Gasteiger partial charge < -0.3 is 4.90 Å². The first-order valence-electron chi connectivity index (χ1n) is 4.94. The van der Waals surface area contributed by atoms with Crippen molar-refractivity contribution in [3.05, 3.63) is 30.1 Å². The van der Waals surface area contributed by atoms with Gasteiger partial charge in [-0.2, -0.15) is 0 Å². The maximum Gasteiger partial charge on any atom is 0.332 e. The Morgan fingerprint density at radius 2 is 2.18 bits per heavy atom. The predicted octanol–water partition coefficient (Wildman–Crippen LogP) is 1.23. The topological polar surface area (TPSA) is 40.6 Å². The highest BCUT2D eigenvalue weighted by atomic mass is 19.1. The number of carbonyl (C=O) groups excluding carboxylic acids is 2. The number of anilines is 1. The second kappa shape index (κ2) is 4.26. The van der Waals surface area contributed by atoms with Crippen molar-refractivity contribution >= 4 is 17.6 Å². The quantitative estimate of drug-likeness (QED) is 0.568. The van der Waals surface area contributed by atoms with Gasteiger partial charge in [-0.15, -0.1) is 6.42 Å². The van der Waals surface area contributed by atoms with E-state index in [1.54, 1.807) is 0 Å². The molecule has 0 spiro atoms. The largest absolute Gasteiger partial charge is 0.332 e. The lowest BCUT2D eigenvalue weighted by atomic mass is 10.3. The molecule has 0 unspecified atom stereocenters. The molecule has 17 heavy (non-hydrogen) atoms. The van der Waals surface area contributed by atoms with Crippen LogP contribution in [0.4, 0.5) is 14.9 Å². The van der Waals surface area contributed by atoms with Gasteiger partial charge in [0.2, 0.25) is 0 Å². The van der Waals surface area contributed by atoms with Crippen LogP contribution in [-0.4, -0.2) is 29.9 Å². The zero-order valence-electron chi connectivity index (χ0n) is 8.89. The fraction of sp³-hybridized carbons (Fsp3) is 0.167. The fourth-order valence-corrected chi connectivity index (χ4v) is 1.65. The van der Waals surface area contributed by atoms with Crippen molar-refractivity contribution in [3.63, 3.8) is 0 Å². The van der Waals surface area contributed by atoms with Gasteiger partial charge in [0.25, 0.3) is 5.91 Å². The molecule has 3 amide bonds. The van der Waals surface area contributed by atoms with E-state index >= 15 is 0 Å². The minimum absolute atomic E-state index is 0.0659. The van der Waals surface area contributed by atoms with Gasteiger partial charge in [0.15, 0.2) is 0 Å². The first-order valence-corrected chi connectivity index (χ1v) is 4.94. The Morgan fingerprint density at radius 1 is 1.41 bits per heavy atom. The number of imide groups is 1. The third-order valence-corrected chi connectivity index (χ3v) is 2.39. The van der Waals surface area contributed by atoms with Crippen LogP contribution in [0.1, 0.15) is 0 Å². The van der Waals surface area contributed by atoms with Gasteiger partial charge in [0.1, 0.15) is 12.4 Å². The van der Waals surface area contributed by atoms with Crippen molar-refractivity contribution in [1.29, 1.82) is 0 Å². The first-order chi connectivity index (χ1) is 8.13. The van der Waals surface area contributed by atoms with Crippen LogP contribution in [0.25, 0.3) is 0 Å². The summed E-state index contributed by atoms with van der Waals surface area (Å²) in [5.41, 5.74) is 0.222. The number of carbonyl (C=O) groups is 2. The van der Waals surface area contributed by atoms with Crippen molar-refractivity contribution in [3.8, 4) is 12.3 Å². The number of hydrogen-bond acceptors (Lipinski definition) is 2. The summed E-state index contributed by atoms with van der Waals surface area (Å²) in [6.45, 7) is -0.00403. The molecule has 1 aromatic carbocycles. The maximum atomic E-state index is 13.0. The monoisotopic (exact) mass is 232 g/mol. The molecule has 1 heterocycles. The summed E-state index contributed by atoms with van der Waals surface area (Å²) in [4.78, 5) is 25.6. The summed E-state index contributed by atoms with van der Waals surface area (Å²) in [5, 5.41) is 0. The lowest BCUT2D eigenvalue weighted by Crippen LogP contribution is -2.33. The summed E-state index contributed by atoms with van der Waals surface area (Å²) in [6.07, 6.45) is 5.09. The van der Waals surface area contributed by atoms with Crippen molar-refractivity contribution in [1.82, 2.24) is 4.90 Å². The fourth-order valence-electron chi connectivity index (χ4n) is 1.65. The molecule has 0 aromatic heterocycles. The van der Waals surface area contributed by atoms with Crippen LogP contribution in [0.2, 0.25) is 0 Å². The second-order valence-electron chi connectivity index (χ2n) is 3.55. The lowest BCUT2D eigenvalue weighted by molar-refractivity contribution is -0.116. The van der Waals surface area contributed by atoms with Crippen LogP contribution >= 0.6 is 0 Å². The third-order valence-electron chi connectivity index (χ3n) is 2.39. The molecule has 5 heteroatoms. The van der Waals surface area contributed by atoms with E-state index in [1.807, 2.05) is 0 Å². The van der Waals surface area contributed by atoms with Gasteiger partial charge in [-0.1, -0.05) is 12.0 Å². The molecule has 0 saturated carbocycles. The Balaban J connectivity index is 2.31. The number of amides is 3. The zero-order chi connectivity index (χ0) is 12.4. The summed E-state index contributed by atoms with van der Waals surface area (Å²) in [7, 11) is 0. The maximum absolute atomic E-state index is 13.0. The SMILES string of the molecule is C#CCN1CC(=O)N(c2cccc(F)c2)C1=O. The molecule has 0 bridgehead atoms. The van der Waals surface area contributed by atoms with Crippen LogP contribution in [0.15, 0.2) is 24.3 Å². The van der Waals surface area contributed by atoms with Crippen LogP contribution in [0.3, 0.4) is 0 Å². The molecule has 0 atom stereocenters. The van der Waals surface area contributed by atoms with E-state index in [0.29, 0.717) is 0 Å². The number of halogens is 1. The van der Waals surface area contributed by atoms with E-state index < -0.39 is 17.8 Å². The van der Waals surface area contributed by atoms with Crippen LogP contribution < -0.4 is 4.90 Å². The number of urea groups is 1. The summed E-state index contributed by atoms with van der Waals surface area (Å²) < 4.78 is 13.0. The zero-order valence-corrected chi connectivity index (χ0v) is 8.89. The standard InChI is InChI=1S/C12H9FN2O2/c1-2-6-14-8-11(16)15(12(14)17)10-5-3-4-9(13)7-10/h1,3-5,7H,6,8H2. The number of nitrogens with zero attached hydrogens (tertiary/aromatic N) is 2. The molecule has 1 saturated heterocycles. The van der Waals surface area contributed by atoms with Gasteiger partial charge in [-0.3, -0.25) is 4.79 Å². The van der Waals surface area contributed by atoms with E-state index in [-0.39, 0.29) is 18.8 Å². The highest BCUT2D eigenvalue weighted by molar-refractivity contribution is 6.19. The van der Waals surface area contributed by atoms with E-state index in [4.69, 9.17) is 6.42 Å². The van der Waals surface area contributed by atoms with Gasteiger partial charge in [0.05, 0.1) is 12.2 Å². The average molecular weight is 232 g/mol. The molecule has 0 radical (unpaired) electrons. The molecule has 1 aliphatic heterocycles. The molecule has 86 valence electrons. The van der Waals surface area contributed by atoms with Gasteiger partial charge >= 0.3 is 6.03 Å². The normalized spacial score (nSPS) is 15.3. The Morgan fingerprint density at radius 3 is 2.82 bits per heavy atom. The average Bonchev–Trinajstić information content (AvgIpc) is 2.55. The smallest absolute Gasteiger partial charge is 0.303 e. The van der Waals surface area contributed by atoms with Crippen molar-refractivity contribution in [2.75, 3.05) is 18.0 Å². The molecule has 1 aliphatic rings. The van der Waals surface area contributed by atoms with Gasteiger partial charge in [0, 0.05) is 0 Å². The van der Waals surface area contributed by atoms with E-state index in [1.165, 1.54) is 23.1 Å². The number of hydrogen-bond donors (Lipinski definition) is 0. The molecular weight excluding hydrogens is 223 g/mol. The molecule has 0 aliphatic carbocycles. The van der Waals surface area contributed by atoms with Gasteiger partial charge in [-0.25, -0.2) is 14.1 Å². The summed E-state index contributed by atoms with van der Waals surface area (Å²) in [6, 6.07) is 4.80. The van der Waals surface area contributed by atoms with Crippen molar-refractivity contribution in [2.45, 2.75) is 0 Å². The van der Waals surface area contributed by atoms with Crippen LogP contribution in [0, 0.1) is 18.2 Å². The molecule has 1 fully saturated rings. The first kappa shape index (κ1) is 11.1. The highest BCUT2D eigenvalue weighted by Crippen LogP contribution is 2.21. The number of rotatable bonds is 2. The minimum Gasteiger partial charge on any atom is -0.303 e. The van der Waals surface area contributed by atoms with Crippen molar-refractivity contribution < 1.29 is 14.0 Å². The van der Waals surface area contributed by atoms with E-state index in [2.05, 4.69) is 5.92 Å². The highest BCUT2D eigenvalue weighted by Gasteiger charge is 2.36. The summed E-state index contributed by atoms with van der Waals surface area (Å²) in [5.74, 6) is 1.39. The number of benzene rings is 1. The Labute approximate surface area is 97.6 Å². The molecule has 1 aromatic rings. The Hall–Kier alpha value is -2.35. The molecule has 0 N–H and O–H groups in total. The van der Waals surface area contributed by atoms with E-state index in [9.17, 15) is 14.0 Å². The van der Waals surface area contributed by atoms with Gasteiger partial charge in [-0.05, 0) is 18.2 Å². The molecule has 2 rings (SSSR count).